The van der Waals surface area contributed by atoms with Gasteiger partial charge in [0.25, 0.3) is 0 Å². The van der Waals surface area contributed by atoms with Crippen LogP contribution in [-0.4, -0.2) is 17.7 Å². The van der Waals surface area contributed by atoms with Crippen molar-refractivity contribution in [2.75, 3.05) is 5.88 Å². The number of carbonyl (C=O) groups excluding carboxylic acids is 1. The molecular formula is C17H18ClNO2. The molecule has 0 aliphatic heterocycles. The predicted octanol–water partition coefficient (Wildman–Crippen LogP) is 2.94. The first-order valence-electron chi connectivity index (χ1n) is 6.79. The van der Waals surface area contributed by atoms with E-state index in [9.17, 15) is 4.79 Å². The van der Waals surface area contributed by atoms with Crippen LogP contribution in [-0.2, 0) is 17.8 Å². The molecule has 0 aliphatic rings. The summed E-state index contributed by atoms with van der Waals surface area (Å²) in [6.45, 7) is 0.532. The molecule has 0 radical (unpaired) electrons. The molecule has 110 valence electrons. The van der Waals surface area contributed by atoms with E-state index in [1.807, 2.05) is 54.6 Å². The highest BCUT2D eigenvalue weighted by Crippen LogP contribution is 2.15. The second-order valence-corrected chi connectivity index (χ2v) is 5.10. The molecule has 0 saturated carbocycles. The van der Waals surface area contributed by atoms with Crippen molar-refractivity contribution in [1.29, 1.82) is 0 Å². The first-order valence-corrected chi connectivity index (χ1v) is 7.32. The molecule has 2 aromatic carbocycles. The second-order valence-electron chi connectivity index (χ2n) is 4.83. The summed E-state index contributed by atoms with van der Waals surface area (Å²) >= 11 is 5.49. The van der Waals surface area contributed by atoms with Crippen LogP contribution in [0, 0.1) is 0 Å². The summed E-state index contributed by atoms with van der Waals surface area (Å²) in [6, 6.07) is 17.0. The second kappa shape index (κ2) is 7.81. The Labute approximate surface area is 129 Å². The van der Waals surface area contributed by atoms with Crippen molar-refractivity contribution in [3.8, 4) is 5.75 Å². The van der Waals surface area contributed by atoms with Crippen LogP contribution in [0.1, 0.15) is 11.1 Å². The fourth-order valence-corrected chi connectivity index (χ4v) is 2.13. The van der Waals surface area contributed by atoms with Gasteiger partial charge in [0.1, 0.15) is 12.4 Å². The van der Waals surface area contributed by atoms with Gasteiger partial charge in [0.2, 0.25) is 0 Å². The number of rotatable bonds is 7. The summed E-state index contributed by atoms with van der Waals surface area (Å²) in [4.78, 5) is 11.4. The van der Waals surface area contributed by atoms with Crippen molar-refractivity contribution in [2.45, 2.75) is 19.1 Å². The van der Waals surface area contributed by atoms with E-state index in [0.29, 0.717) is 13.0 Å². The maximum Gasteiger partial charge on any atom is 0.164 e. The van der Waals surface area contributed by atoms with Crippen LogP contribution in [0.2, 0.25) is 0 Å². The number of ether oxygens (including phenoxy) is 1. The van der Waals surface area contributed by atoms with E-state index < -0.39 is 6.04 Å². The molecule has 2 N–H and O–H groups in total. The third kappa shape index (κ3) is 4.88. The minimum atomic E-state index is -0.543. The molecule has 2 rings (SSSR count). The predicted molar refractivity (Wildman–Crippen MR) is 84.6 cm³/mol. The Morgan fingerprint density at radius 2 is 1.71 bits per heavy atom. The van der Waals surface area contributed by atoms with Gasteiger partial charge in [-0.2, -0.15) is 0 Å². The first-order chi connectivity index (χ1) is 10.2. The van der Waals surface area contributed by atoms with Gasteiger partial charge in [-0.3, -0.25) is 4.79 Å². The van der Waals surface area contributed by atoms with E-state index in [-0.39, 0.29) is 11.7 Å². The summed E-state index contributed by atoms with van der Waals surface area (Å²) in [6.07, 6.45) is 0.491. The molecule has 1 atom stereocenters. The van der Waals surface area contributed by atoms with Crippen LogP contribution in [0.15, 0.2) is 54.6 Å². The Hall–Kier alpha value is -1.84. The van der Waals surface area contributed by atoms with Crippen molar-refractivity contribution in [3.05, 3.63) is 65.7 Å². The van der Waals surface area contributed by atoms with Gasteiger partial charge in [-0.05, 0) is 29.7 Å². The lowest BCUT2D eigenvalue weighted by atomic mass is 10.0. The number of carbonyl (C=O) groups is 1. The molecule has 21 heavy (non-hydrogen) atoms. The third-order valence-corrected chi connectivity index (χ3v) is 3.44. The van der Waals surface area contributed by atoms with Gasteiger partial charge < -0.3 is 10.5 Å². The van der Waals surface area contributed by atoms with Crippen LogP contribution >= 0.6 is 11.6 Å². The first kappa shape index (κ1) is 15.5. The van der Waals surface area contributed by atoms with Crippen LogP contribution in [0.3, 0.4) is 0 Å². The molecule has 0 spiro atoms. The summed E-state index contributed by atoms with van der Waals surface area (Å²) in [7, 11) is 0. The highest BCUT2D eigenvalue weighted by atomic mass is 35.5. The lowest BCUT2D eigenvalue weighted by Crippen LogP contribution is -2.33. The van der Waals surface area contributed by atoms with E-state index in [2.05, 4.69) is 0 Å². The highest BCUT2D eigenvalue weighted by Gasteiger charge is 2.12. The maximum absolute atomic E-state index is 11.4. The van der Waals surface area contributed by atoms with E-state index in [0.717, 1.165) is 16.9 Å². The molecule has 0 bridgehead atoms. The van der Waals surface area contributed by atoms with E-state index in [1.54, 1.807) is 0 Å². The monoisotopic (exact) mass is 303 g/mol. The summed E-state index contributed by atoms with van der Waals surface area (Å²) in [5.41, 5.74) is 7.88. The summed E-state index contributed by atoms with van der Waals surface area (Å²) in [5, 5.41) is 0. The zero-order valence-corrected chi connectivity index (χ0v) is 12.4. The topological polar surface area (TPSA) is 52.3 Å². The Morgan fingerprint density at radius 1 is 1.05 bits per heavy atom. The number of benzene rings is 2. The molecule has 0 saturated heterocycles. The number of hydrogen-bond donors (Lipinski definition) is 1. The Kier molecular flexibility index (Phi) is 5.78. The lowest BCUT2D eigenvalue weighted by Gasteiger charge is -2.10. The number of ketones is 1. The average Bonchev–Trinajstić information content (AvgIpc) is 2.54. The Balaban J connectivity index is 1.88. The number of halogens is 1. The van der Waals surface area contributed by atoms with Crippen molar-refractivity contribution in [3.63, 3.8) is 0 Å². The van der Waals surface area contributed by atoms with Gasteiger partial charge in [0, 0.05) is 0 Å². The standard InChI is InChI=1S/C17H18ClNO2/c18-11-17(20)16(19)10-13-6-8-15(9-7-13)21-12-14-4-2-1-3-5-14/h1-9,16H,10-12,19H2/t16-/m0/s1. The average molecular weight is 304 g/mol. The van der Waals surface area contributed by atoms with Crippen LogP contribution < -0.4 is 10.5 Å². The largest absolute Gasteiger partial charge is 0.489 e. The Morgan fingerprint density at radius 3 is 2.33 bits per heavy atom. The molecule has 0 aromatic heterocycles. The number of hydrogen-bond acceptors (Lipinski definition) is 3. The van der Waals surface area contributed by atoms with Gasteiger partial charge in [0.15, 0.2) is 5.78 Å². The molecular weight excluding hydrogens is 286 g/mol. The fourth-order valence-electron chi connectivity index (χ4n) is 1.93. The molecule has 3 nitrogen and oxygen atoms in total. The summed E-state index contributed by atoms with van der Waals surface area (Å²) in [5.74, 6) is 0.611. The van der Waals surface area contributed by atoms with E-state index in [4.69, 9.17) is 22.1 Å². The fraction of sp³-hybridized carbons (Fsp3) is 0.235. The van der Waals surface area contributed by atoms with Gasteiger partial charge in [0.05, 0.1) is 11.9 Å². The SMILES string of the molecule is N[C@@H](Cc1ccc(OCc2ccccc2)cc1)C(=O)CCl. The molecule has 4 heteroatoms. The van der Waals surface area contributed by atoms with Crippen LogP contribution in [0.25, 0.3) is 0 Å². The number of nitrogens with two attached hydrogens (primary N) is 1. The van der Waals surface area contributed by atoms with E-state index >= 15 is 0 Å². The van der Waals surface area contributed by atoms with Gasteiger partial charge >= 0.3 is 0 Å². The zero-order valence-electron chi connectivity index (χ0n) is 11.7. The maximum atomic E-state index is 11.4. The zero-order chi connectivity index (χ0) is 15.1. The lowest BCUT2D eigenvalue weighted by molar-refractivity contribution is -0.117. The van der Waals surface area contributed by atoms with Gasteiger partial charge in [-0.1, -0.05) is 42.5 Å². The van der Waals surface area contributed by atoms with Gasteiger partial charge in [-0.15, -0.1) is 11.6 Å². The molecule has 0 heterocycles. The van der Waals surface area contributed by atoms with Crippen LogP contribution in [0.5, 0.6) is 5.75 Å². The normalized spacial score (nSPS) is 11.9. The number of Topliss-reactive ketones (excluding diaryl/α,β-unsaturated/α-hetero) is 1. The molecule has 0 unspecified atom stereocenters. The van der Waals surface area contributed by atoms with Crippen LogP contribution in [0.4, 0.5) is 0 Å². The van der Waals surface area contributed by atoms with Crippen molar-refractivity contribution >= 4 is 17.4 Å². The minimum absolute atomic E-state index is 0.0422. The molecule has 0 fully saturated rings. The molecule has 2 aromatic rings. The summed E-state index contributed by atoms with van der Waals surface area (Å²) < 4.78 is 5.70. The smallest absolute Gasteiger partial charge is 0.164 e. The quantitative estimate of drug-likeness (QED) is 0.800. The van der Waals surface area contributed by atoms with Crippen molar-refractivity contribution < 1.29 is 9.53 Å². The molecule has 0 aliphatic carbocycles. The minimum Gasteiger partial charge on any atom is -0.489 e. The number of alkyl halides is 1. The van der Waals surface area contributed by atoms with Gasteiger partial charge in [-0.25, -0.2) is 0 Å². The van der Waals surface area contributed by atoms with Crippen molar-refractivity contribution in [2.24, 2.45) is 5.73 Å². The third-order valence-electron chi connectivity index (χ3n) is 3.17. The van der Waals surface area contributed by atoms with Crippen molar-refractivity contribution in [1.82, 2.24) is 0 Å². The molecule has 0 amide bonds. The Bertz CT molecular complexity index is 569. The van der Waals surface area contributed by atoms with E-state index in [1.165, 1.54) is 0 Å². The highest BCUT2D eigenvalue weighted by molar-refractivity contribution is 6.28.